The molecule has 0 aliphatic heterocycles. The van der Waals surface area contributed by atoms with Gasteiger partial charge in [-0.1, -0.05) is 24.3 Å². The van der Waals surface area contributed by atoms with E-state index in [0.717, 1.165) is 16.5 Å². The van der Waals surface area contributed by atoms with E-state index in [1.807, 2.05) is 31.2 Å². The van der Waals surface area contributed by atoms with Crippen LogP contribution in [-0.4, -0.2) is 28.2 Å². The highest BCUT2D eigenvalue weighted by Gasteiger charge is 2.19. The molecule has 0 amide bonds. The largest absolute Gasteiger partial charge is 0.440 e. The van der Waals surface area contributed by atoms with Gasteiger partial charge in [0.15, 0.2) is 11.4 Å². The molecule has 8 nitrogen and oxygen atoms in total. The molecule has 0 bridgehead atoms. The maximum Gasteiger partial charge on any atom is 0.271 e. The minimum Gasteiger partial charge on any atom is -0.440 e. The zero-order chi connectivity index (χ0) is 16.2. The normalized spacial score (nSPS) is 12.3. The molecule has 3 aromatic heterocycles. The number of fused-ring (bicyclic) bond motifs is 3. The molecule has 23 heavy (non-hydrogen) atoms. The van der Waals surface area contributed by atoms with Crippen LogP contribution < -0.4 is 5.14 Å². The number of primary sulfonamides is 1. The molecule has 0 radical (unpaired) electrons. The number of aromatic nitrogens is 4. The van der Waals surface area contributed by atoms with Crippen LogP contribution in [0, 0.1) is 6.92 Å². The second-order valence-corrected chi connectivity index (χ2v) is 6.55. The average molecular weight is 329 g/mol. The molecule has 4 rings (SSSR count). The number of benzene rings is 1. The van der Waals surface area contributed by atoms with Gasteiger partial charge in [-0.25, -0.2) is 13.6 Å². The predicted octanol–water partition coefficient (Wildman–Crippen LogP) is 1.49. The van der Waals surface area contributed by atoms with Crippen molar-refractivity contribution in [1.82, 2.24) is 19.8 Å². The van der Waals surface area contributed by atoms with Crippen molar-refractivity contribution in [1.29, 1.82) is 0 Å². The van der Waals surface area contributed by atoms with Gasteiger partial charge >= 0.3 is 0 Å². The Kier molecular flexibility index (Phi) is 2.77. The standard InChI is InChI=1S/C14H11N5O3S/c1-8-9-4-2-3-5-10(9)13-16-17-14(19(13)18-8)11-6-7-12(22-11)23(15,20)21/h2-7H,1H3,(H2,15,20,21). The topological polar surface area (TPSA) is 116 Å². The molecular weight excluding hydrogens is 318 g/mol. The summed E-state index contributed by atoms with van der Waals surface area (Å²) in [5.74, 6) is 0.535. The summed E-state index contributed by atoms with van der Waals surface area (Å²) in [6.07, 6.45) is 0. The molecule has 0 saturated heterocycles. The van der Waals surface area contributed by atoms with E-state index < -0.39 is 10.0 Å². The average Bonchev–Trinajstić information content (AvgIpc) is 3.13. The van der Waals surface area contributed by atoms with E-state index in [2.05, 4.69) is 15.3 Å². The van der Waals surface area contributed by atoms with Gasteiger partial charge in [0, 0.05) is 10.8 Å². The third-order valence-corrected chi connectivity index (χ3v) is 4.31. The van der Waals surface area contributed by atoms with Crippen LogP contribution in [0.25, 0.3) is 28.0 Å². The Morgan fingerprint density at radius 2 is 1.83 bits per heavy atom. The number of sulfonamides is 1. The van der Waals surface area contributed by atoms with E-state index in [1.54, 1.807) is 0 Å². The Morgan fingerprint density at radius 3 is 2.52 bits per heavy atom. The number of furan rings is 1. The van der Waals surface area contributed by atoms with Gasteiger partial charge in [-0.15, -0.1) is 10.2 Å². The Balaban J connectivity index is 2.01. The predicted molar refractivity (Wildman–Crippen MR) is 82.1 cm³/mol. The van der Waals surface area contributed by atoms with Gasteiger partial charge in [-0.2, -0.15) is 9.61 Å². The Hall–Kier alpha value is -2.78. The highest BCUT2D eigenvalue weighted by Crippen LogP contribution is 2.26. The Morgan fingerprint density at radius 1 is 1.09 bits per heavy atom. The van der Waals surface area contributed by atoms with E-state index in [1.165, 1.54) is 16.6 Å². The summed E-state index contributed by atoms with van der Waals surface area (Å²) in [4.78, 5) is 0. The van der Waals surface area contributed by atoms with Gasteiger partial charge in [-0.3, -0.25) is 0 Å². The minimum absolute atomic E-state index is 0.226. The van der Waals surface area contributed by atoms with Crippen LogP contribution in [-0.2, 0) is 10.0 Å². The molecule has 2 N–H and O–H groups in total. The van der Waals surface area contributed by atoms with Crippen molar-refractivity contribution in [3.05, 3.63) is 42.1 Å². The highest BCUT2D eigenvalue weighted by atomic mass is 32.2. The van der Waals surface area contributed by atoms with Crippen LogP contribution in [0.2, 0.25) is 0 Å². The van der Waals surface area contributed by atoms with E-state index in [0.29, 0.717) is 11.5 Å². The van der Waals surface area contributed by atoms with E-state index in [9.17, 15) is 8.42 Å². The lowest BCUT2D eigenvalue weighted by atomic mass is 10.1. The number of hydrogen-bond acceptors (Lipinski definition) is 6. The first-order valence-electron chi connectivity index (χ1n) is 6.69. The molecule has 0 spiro atoms. The van der Waals surface area contributed by atoms with Gasteiger partial charge < -0.3 is 4.42 Å². The summed E-state index contributed by atoms with van der Waals surface area (Å²) >= 11 is 0. The number of aryl methyl sites for hydroxylation is 1. The highest BCUT2D eigenvalue weighted by molar-refractivity contribution is 7.89. The Bertz CT molecular complexity index is 1160. The van der Waals surface area contributed by atoms with Crippen molar-refractivity contribution in [2.24, 2.45) is 5.14 Å². The molecule has 0 unspecified atom stereocenters. The number of nitrogens with two attached hydrogens (primary N) is 1. The summed E-state index contributed by atoms with van der Waals surface area (Å²) in [7, 11) is -3.91. The second kappa shape index (κ2) is 4.61. The maximum absolute atomic E-state index is 11.3. The van der Waals surface area contributed by atoms with E-state index in [-0.39, 0.29) is 10.9 Å². The van der Waals surface area contributed by atoms with Crippen LogP contribution in [0.4, 0.5) is 0 Å². The minimum atomic E-state index is -3.91. The summed E-state index contributed by atoms with van der Waals surface area (Å²) in [5, 5.41) is 19.3. The van der Waals surface area contributed by atoms with Crippen molar-refractivity contribution in [2.45, 2.75) is 12.0 Å². The molecule has 1 aromatic carbocycles. The third-order valence-electron chi connectivity index (χ3n) is 3.53. The monoisotopic (exact) mass is 329 g/mol. The number of rotatable bonds is 2. The fraction of sp³-hybridized carbons (Fsp3) is 0.0714. The lowest BCUT2D eigenvalue weighted by Gasteiger charge is -2.03. The molecule has 0 aliphatic rings. The van der Waals surface area contributed by atoms with Crippen molar-refractivity contribution in [2.75, 3.05) is 0 Å². The number of hydrogen-bond donors (Lipinski definition) is 1. The zero-order valence-electron chi connectivity index (χ0n) is 12.0. The molecule has 0 aliphatic carbocycles. The number of nitrogens with zero attached hydrogens (tertiary/aromatic N) is 4. The van der Waals surface area contributed by atoms with Crippen LogP contribution in [0.1, 0.15) is 5.69 Å². The van der Waals surface area contributed by atoms with Gasteiger partial charge in [0.1, 0.15) is 0 Å². The fourth-order valence-electron chi connectivity index (χ4n) is 2.49. The van der Waals surface area contributed by atoms with E-state index >= 15 is 0 Å². The van der Waals surface area contributed by atoms with Gasteiger partial charge in [-0.05, 0) is 19.1 Å². The third kappa shape index (κ3) is 2.09. The first-order chi connectivity index (χ1) is 10.9. The quantitative estimate of drug-likeness (QED) is 0.595. The van der Waals surface area contributed by atoms with Crippen LogP contribution in [0.15, 0.2) is 45.9 Å². The van der Waals surface area contributed by atoms with Crippen molar-refractivity contribution < 1.29 is 12.8 Å². The molecule has 116 valence electrons. The van der Waals surface area contributed by atoms with Gasteiger partial charge in [0.05, 0.1) is 5.69 Å². The van der Waals surface area contributed by atoms with Gasteiger partial charge in [0.2, 0.25) is 10.9 Å². The van der Waals surface area contributed by atoms with Crippen molar-refractivity contribution in [3.63, 3.8) is 0 Å². The molecule has 0 saturated carbocycles. The van der Waals surface area contributed by atoms with Crippen LogP contribution in [0.3, 0.4) is 0 Å². The SMILES string of the molecule is Cc1nn2c(-c3ccc(S(N)(=O)=O)o3)nnc2c2ccccc12. The summed E-state index contributed by atoms with van der Waals surface area (Å²) in [6.45, 7) is 1.88. The first-order valence-corrected chi connectivity index (χ1v) is 8.23. The zero-order valence-corrected chi connectivity index (χ0v) is 12.8. The Labute approximate surface area is 130 Å². The second-order valence-electron chi connectivity index (χ2n) is 5.05. The smallest absolute Gasteiger partial charge is 0.271 e. The lowest BCUT2D eigenvalue weighted by Crippen LogP contribution is -2.10. The summed E-state index contributed by atoms with van der Waals surface area (Å²) < 4.78 is 29.5. The fourth-order valence-corrected chi connectivity index (χ4v) is 2.95. The molecule has 0 fully saturated rings. The molecular formula is C14H11N5O3S. The van der Waals surface area contributed by atoms with E-state index in [4.69, 9.17) is 9.56 Å². The van der Waals surface area contributed by atoms with Crippen molar-refractivity contribution >= 4 is 26.4 Å². The molecule has 0 atom stereocenters. The molecule has 9 heteroatoms. The molecule has 3 heterocycles. The summed E-state index contributed by atoms with van der Waals surface area (Å²) in [6, 6.07) is 10.5. The lowest BCUT2D eigenvalue weighted by molar-refractivity contribution is 0.458. The maximum atomic E-state index is 11.3. The molecule has 4 aromatic rings. The van der Waals surface area contributed by atoms with Crippen molar-refractivity contribution in [3.8, 4) is 11.6 Å². The van der Waals surface area contributed by atoms with Crippen LogP contribution in [0.5, 0.6) is 0 Å². The summed E-state index contributed by atoms with van der Waals surface area (Å²) in [5.41, 5.74) is 1.36. The first kappa shape index (κ1) is 13.9. The van der Waals surface area contributed by atoms with Crippen LogP contribution >= 0.6 is 0 Å². The van der Waals surface area contributed by atoms with Gasteiger partial charge in [0.25, 0.3) is 10.0 Å².